The SMILES string of the molecule is CCC(C)CC(CNCC(C)C)c1ccc(Cl)cc1. The molecule has 1 N–H and O–H groups in total. The third-order valence-corrected chi connectivity index (χ3v) is 3.92. The molecular formula is C17H28ClN. The summed E-state index contributed by atoms with van der Waals surface area (Å²) in [7, 11) is 0. The van der Waals surface area contributed by atoms with Crippen molar-refractivity contribution in [3.8, 4) is 0 Å². The predicted octanol–water partition coefficient (Wildman–Crippen LogP) is 5.11. The molecule has 1 aromatic rings. The summed E-state index contributed by atoms with van der Waals surface area (Å²) >= 11 is 5.98. The van der Waals surface area contributed by atoms with Gasteiger partial charge in [-0.25, -0.2) is 0 Å². The molecule has 0 heterocycles. The molecule has 0 bridgehead atoms. The Morgan fingerprint density at radius 3 is 2.21 bits per heavy atom. The van der Waals surface area contributed by atoms with E-state index in [9.17, 15) is 0 Å². The molecular weight excluding hydrogens is 254 g/mol. The molecule has 0 spiro atoms. The van der Waals surface area contributed by atoms with Crippen LogP contribution in [0.3, 0.4) is 0 Å². The van der Waals surface area contributed by atoms with Crippen LogP contribution in [-0.4, -0.2) is 13.1 Å². The second-order valence-corrected chi connectivity index (χ2v) is 6.49. The zero-order valence-corrected chi connectivity index (χ0v) is 13.5. The van der Waals surface area contributed by atoms with Gasteiger partial charge in [-0.05, 0) is 48.4 Å². The fourth-order valence-electron chi connectivity index (χ4n) is 2.27. The van der Waals surface area contributed by atoms with Crippen molar-refractivity contribution in [2.45, 2.75) is 46.5 Å². The largest absolute Gasteiger partial charge is 0.316 e. The van der Waals surface area contributed by atoms with Crippen molar-refractivity contribution in [3.05, 3.63) is 34.9 Å². The molecule has 2 unspecified atom stereocenters. The number of benzene rings is 1. The van der Waals surface area contributed by atoms with E-state index in [1.54, 1.807) is 0 Å². The van der Waals surface area contributed by atoms with E-state index in [2.05, 4.69) is 45.1 Å². The van der Waals surface area contributed by atoms with E-state index in [0.29, 0.717) is 11.8 Å². The lowest BCUT2D eigenvalue weighted by molar-refractivity contribution is 0.425. The average Bonchev–Trinajstić information content (AvgIpc) is 2.38. The standard InChI is InChI=1S/C17H28ClN/c1-5-14(4)10-16(12-19-11-13(2)3)15-6-8-17(18)9-7-15/h6-9,13-14,16,19H,5,10-12H2,1-4H3. The van der Waals surface area contributed by atoms with Gasteiger partial charge in [0.25, 0.3) is 0 Å². The summed E-state index contributed by atoms with van der Waals surface area (Å²) in [6.45, 7) is 11.3. The van der Waals surface area contributed by atoms with Crippen molar-refractivity contribution in [1.82, 2.24) is 5.32 Å². The average molecular weight is 282 g/mol. The normalized spacial score (nSPS) is 14.6. The third-order valence-electron chi connectivity index (χ3n) is 3.67. The summed E-state index contributed by atoms with van der Waals surface area (Å²) in [6.07, 6.45) is 2.48. The molecule has 0 amide bonds. The summed E-state index contributed by atoms with van der Waals surface area (Å²) in [5, 5.41) is 4.42. The van der Waals surface area contributed by atoms with E-state index in [0.717, 1.165) is 24.0 Å². The van der Waals surface area contributed by atoms with Gasteiger partial charge in [-0.1, -0.05) is 57.8 Å². The molecule has 0 aliphatic rings. The van der Waals surface area contributed by atoms with Gasteiger partial charge in [0.15, 0.2) is 0 Å². The van der Waals surface area contributed by atoms with Gasteiger partial charge in [0.2, 0.25) is 0 Å². The van der Waals surface area contributed by atoms with Crippen molar-refractivity contribution in [2.24, 2.45) is 11.8 Å². The summed E-state index contributed by atoms with van der Waals surface area (Å²) in [5.74, 6) is 2.06. The van der Waals surface area contributed by atoms with Gasteiger partial charge in [-0.3, -0.25) is 0 Å². The lowest BCUT2D eigenvalue weighted by Crippen LogP contribution is -2.26. The van der Waals surface area contributed by atoms with E-state index >= 15 is 0 Å². The Morgan fingerprint density at radius 2 is 1.68 bits per heavy atom. The molecule has 108 valence electrons. The van der Waals surface area contributed by atoms with Crippen molar-refractivity contribution in [2.75, 3.05) is 13.1 Å². The van der Waals surface area contributed by atoms with Crippen LogP contribution in [0.25, 0.3) is 0 Å². The van der Waals surface area contributed by atoms with Crippen molar-refractivity contribution in [1.29, 1.82) is 0 Å². The van der Waals surface area contributed by atoms with E-state index in [-0.39, 0.29) is 0 Å². The van der Waals surface area contributed by atoms with Gasteiger partial charge >= 0.3 is 0 Å². The molecule has 2 atom stereocenters. The van der Waals surface area contributed by atoms with Gasteiger partial charge < -0.3 is 5.32 Å². The second kappa shape index (κ2) is 8.60. The Balaban J connectivity index is 2.65. The first-order valence-corrected chi connectivity index (χ1v) is 7.86. The lowest BCUT2D eigenvalue weighted by atomic mass is 9.88. The monoisotopic (exact) mass is 281 g/mol. The lowest BCUT2D eigenvalue weighted by Gasteiger charge is -2.22. The molecule has 0 fully saturated rings. The second-order valence-electron chi connectivity index (χ2n) is 6.05. The topological polar surface area (TPSA) is 12.0 Å². The first kappa shape index (κ1) is 16.5. The van der Waals surface area contributed by atoms with E-state index in [4.69, 9.17) is 11.6 Å². The van der Waals surface area contributed by atoms with Crippen LogP contribution in [0.2, 0.25) is 5.02 Å². The van der Waals surface area contributed by atoms with E-state index in [1.165, 1.54) is 18.4 Å². The summed E-state index contributed by atoms with van der Waals surface area (Å²) in [6, 6.07) is 8.35. The highest BCUT2D eigenvalue weighted by Gasteiger charge is 2.14. The van der Waals surface area contributed by atoms with Crippen LogP contribution >= 0.6 is 11.6 Å². The molecule has 1 aromatic carbocycles. The quantitative estimate of drug-likeness (QED) is 0.698. The van der Waals surface area contributed by atoms with Crippen LogP contribution in [-0.2, 0) is 0 Å². The number of nitrogens with one attached hydrogen (secondary N) is 1. The molecule has 0 saturated carbocycles. The predicted molar refractivity (Wildman–Crippen MR) is 86.0 cm³/mol. The maximum Gasteiger partial charge on any atom is 0.0406 e. The Labute approximate surface area is 123 Å². The highest BCUT2D eigenvalue weighted by molar-refractivity contribution is 6.30. The Morgan fingerprint density at radius 1 is 1.05 bits per heavy atom. The molecule has 1 rings (SSSR count). The molecule has 1 nitrogen and oxygen atoms in total. The molecule has 0 saturated heterocycles. The number of hydrogen-bond acceptors (Lipinski definition) is 1. The van der Waals surface area contributed by atoms with Crippen molar-refractivity contribution >= 4 is 11.6 Å². The van der Waals surface area contributed by atoms with Crippen LogP contribution in [0, 0.1) is 11.8 Å². The maximum atomic E-state index is 5.98. The third kappa shape index (κ3) is 6.44. The number of hydrogen-bond donors (Lipinski definition) is 1. The minimum atomic E-state index is 0.589. The summed E-state index contributed by atoms with van der Waals surface area (Å²) in [5.41, 5.74) is 1.40. The van der Waals surface area contributed by atoms with Crippen molar-refractivity contribution < 1.29 is 0 Å². The van der Waals surface area contributed by atoms with E-state index < -0.39 is 0 Å². The highest BCUT2D eigenvalue weighted by Crippen LogP contribution is 2.26. The van der Waals surface area contributed by atoms with Gasteiger partial charge in [0, 0.05) is 11.6 Å². The molecule has 2 heteroatoms. The van der Waals surface area contributed by atoms with Crippen molar-refractivity contribution in [3.63, 3.8) is 0 Å². The highest BCUT2D eigenvalue weighted by atomic mass is 35.5. The maximum absolute atomic E-state index is 5.98. The molecule has 19 heavy (non-hydrogen) atoms. The molecule has 0 aliphatic heterocycles. The smallest absolute Gasteiger partial charge is 0.0406 e. The molecule has 0 radical (unpaired) electrons. The van der Waals surface area contributed by atoms with Crippen LogP contribution in [0.4, 0.5) is 0 Å². The van der Waals surface area contributed by atoms with Crippen LogP contribution in [0.15, 0.2) is 24.3 Å². The van der Waals surface area contributed by atoms with Gasteiger partial charge in [0.1, 0.15) is 0 Å². The van der Waals surface area contributed by atoms with Crippen LogP contribution in [0.1, 0.15) is 52.0 Å². The minimum Gasteiger partial charge on any atom is -0.316 e. The van der Waals surface area contributed by atoms with Crippen LogP contribution in [0.5, 0.6) is 0 Å². The van der Waals surface area contributed by atoms with E-state index in [1.807, 2.05) is 12.1 Å². The summed E-state index contributed by atoms with van der Waals surface area (Å²) < 4.78 is 0. The Kier molecular flexibility index (Phi) is 7.48. The zero-order valence-electron chi connectivity index (χ0n) is 12.7. The van der Waals surface area contributed by atoms with Gasteiger partial charge in [0.05, 0.1) is 0 Å². The molecule has 0 aliphatic carbocycles. The fraction of sp³-hybridized carbons (Fsp3) is 0.647. The number of rotatable bonds is 8. The Bertz CT molecular complexity index is 345. The first-order valence-electron chi connectivity index (χ1n) is 7.49. The Hall–Kier alpha value is -0.530. The number of halogens is 1. The molecule has 0 aromatic heterocycles. The fourth-order valence-corrected chi connectivity index (χ4v) is 2.40. The first-order chi connectivity index (χ1) is 9.02. The van der Waals surface area contributed by atoms with Gasteiger partial charge in [-0.2, -0.15) is 0 Å². The minimum absolute atomic E-state index is 0.589. The zero-order chi connectivity index (χ0) is 14.3. The summed E-state index contributed by atoms with van der Waals surface area (Å²) in [4.78, 5) is 0. The van der Waals surface area contributed by atoms with Gasteiger partial charge in [-0.15, -0.1) is 0 Å². The van der Waals surface area contributed by atoms with Crippen LogP contribution < -0.4 is 5.32 Å².